The van der Waals surface area contributed by atoms with E-state index >= 15 is 0 Å². The maximum atomic E-state index is 11.9. The number of carbonyl (C=O) groups is 2. The Morgan fingerprint density at radius 1 is 1.28 bits per heavy atom. The predicted octanol–water partition coefficient (Wildman–Crippen LogP) is 2.53. The van der Waals surface area contributed by atoms with Gasteiger partial charge in [-0.2, -0.15) is 0 Å². The van der Waals surface area contributed by atoms with Gasteiger partial charge in [0.15, 0.2) is 0 Å². The molecule has 0 heterocycles. The van der Waals surface area contributed by atoms with E-state index in [1.165, 1.54) is 32.1 Å². The first kappa shape index (κ1) is 15.0. The van der Waals surface area contributed by atoms with Gasteiger partial charge in [-0.05, 0) is 11.8 Å². The average molecular weight is 255 g/mol. The number of hydrogen-bond acceptors (Lipinski definition) is 2. The van der Waals surface area contributed by atoms with Crippen LogP contribution >= 0.6 is 0 Å². The van der Waals surface area contributed by atoms with Crippen LogP contribution in [0.1, 0.15) is 51.9 Å². The molecule has 1 fully saturated rings. The molecule has 1 rings (SSSR count). The summed E-state index contributed by atoms with van der Waals surface area (Å²) >= 11 is 0. The van der Waals surface area contributed by atoms with Crippen molar-refractivity contribution in [2.75, 3.05) is 13.6 Å². The maximum Gasteiger partial charge on any atom is 0.305 e. The molecule has 4 nitrogen and oxygen atoms in total. The molecule has 0 aromatic rings. The highest BCUT2D eigenvalue weighted by Gasteiger charge is 2.23. The van der Waals surface area contributed by atoms with Crippen LogP contribution in [-0.4, -0.2) is 35.5 Å². The fourth-order valence-corrected chi connectivity index (χ4v) is 2.69. The minimum atomic E-state index is -0.852. The Bertz CT molecular complexity index is 285. The Kier molecular flexibility index (Phi) is 6.16. The van der Waals surface area contributed by atoms with Crippen molar-refractivity contribution < 1.29 is 14.7 Å². The van der Waals surface area contributed by atoms with Crippen LogP contribution < -0.4 is 0 Å². The van der Waals surface area contributed by atoms with Gasteiger partial charge in [0.05, 0.1) is 6.42 Å². The zero-order valence-electron chi connectivity index (χ0n) is 11.5. The molecule has 18 heavy (non-hydrogen) atoms. The number of aliphatic carboxylic acids is 1. The summed E-state index contributed by atoms with van der Waals surface area (Å²) < 4.78 is 0. The lowest BCUT2D eigenvalue weighted by molar-refractivity contribution is -0.138. The van der Waals surface area contributed by atoms with E-state index in [2.05, 4.69) is 6.92 Å². The van der Waals surface area contributed by atoms with Gasteiger partial charge in [0.2, 0.25) is 5.91 Å². The molecule has 0 aliphatic heterocycles. The Balaban J connectivity index is 2.31. The van der Waals surface area contributed by atoms with Crippen molar-refractivity contribution in [1.29, 1.82) is 0 Å². The molecule has 1 unspecified atom stereocenters. The van der Waals surface area contributed by atoms with E-state index in [0.29, 0.717) is 24.8 Å². The Morgan fingerprint density at radius 3 is 2.44 bits per heavy atom. The Labute approximate surface area is 109 Å². The molecule has 1 N–H and O–H groups in total. The Morgan fingerprint density at radius 2 is 1.89 bits per heavy atom. The Hall–Kier alpha value is -1.06. The molecular weight excluding hydrogens is 230 g/mol. The van der Waals surface area contributed by atoms with Crippen LogP contribution in [0.25, 0.3) is 0 Å². The fourth-order valence-electron chi connectivity index (χ4n) is 2.69. The van der Waals surface area contributed by atoms with Crippen LogP contribution in [0.15, 0.2) is 0 Å². The summed E-state index contributed by atoms with van der Waals surface area (Å²) in [6.07, 6.45) is 6.98. The second-order valence-electron chi connectivity index (χ2n) is 5.54. The number of carbonyl (C=O) groups excluding carboxylic acids is 1. The van der Waals surface area contributed by atoms with E-state index in [-0.39, 0.29) is 12.3 Å². The summed E-state index contributed by atoms with van der Waals surface area (Å²) in [5, 5.41) is 8.59. The molecule has 0 spiro atoms. The van der Waals surface area contributed by atoms with Gasteiger partial charge < -0.3 is 10.0 Å². The van der Waals surface area contributed by atoms with Crippen LogP contribution in [-0.2, 0) is 9.59 Å². The standard InChI is InChI=1S/C14H25NO3/c1-11(12-6-4-3-5-7-12)10-13(16)15(2)9-8-14(17)18/h11-12H,3-10H2,1-2H3,(H,17,18). The first-order chi connectivity index (χ1) is 8.50. The van der Waals surface area contributed by atoms with Crippen LogP contribution in [0.2, 0.25) is 0 Å². The van der Waals surface area contributed by atoms with E-state index in [0.717, 1.165) is 0 Å². The zero-order valence-corrected chi connectivity index (χ0v) is 11.5. The second kappa shape index (κ2) is 7.39. The minimum Gasteiger partial charge on any atom is -0.481 e. The van der Waals surface area contributed by atoms with Crippen molar-refractivity contribution in [3.8, 4) is 0 Å². The first-order valence-corrected chi connectivity index (χ1v) is 6.96. The van der Waals surface area contributed by atoms with Crippen molar-refractivity contribution in [2.24, 2.45) is 11.8 Å². The van der Waals surface area contributed by atoms with Gasteiger partial charge >= 0.3 is 5.97 Å². The summed E-state index contributed by atoms with van der Waals surface area (Å²) in [5.41, 5.74) is 0. The largest absolute Gasteiger partial charge is 0.481 e. The number of nitrogens with zero attached hydrogens (tertiary/aromatic N) is 1. The minimum absolute atomic E-state index is 0.0278. The highest BCUT2D eigenvalue weighted by atomic mass is 16.4. The third-order valence-corrected chi connectivity index (χ3v) is 4.04. The lowest BCUT2D eigenvalue weighted by Gasteiger charge is -2.28. The van der Waals surface area contributed by atoms with Gasteiger partial charge in [-0.1, -0.05) is 39.0 Å². The van der Waals surface area contributed by atoms with Crippen molar-refractivity contribution in [2.45, 2.75) is 51.9 Å². The van der Waals surface area contributed by atoms with E-state index in [9.17, 15) is 9.59 Å². The van der Waals surface area contributed by atoms with Crippen LogP contribution in [0.3, 0.4) is 0 Å². The number of hydrogen-bond donors (Lipinski definition) is 1. The van der Waals surface area contributed by atoms with Gasteiger partial charge in [0, 0.05) is 20.0 Å². The normalized spacial score (nSPS) is 18.3. The second-order valence-corrected chi connectivity index (χ2v) is 5.54. The molecule has 104 valence electrons. The number of amides is 1. The average Bonchev–Trinajstić information content (AvgIpc) is 2.36. The number of carboxylic acid groups (broad SMARTS) is 1. The molecule has 1 amide bonds. The molecule has 1 aliphatic carbocycles. The zero-order chi connectivity index (χ0) is 13.5. The van der Waals surface area contributed by atoms with Gasteiger partial charge in [0.1, 0.15) is 0 Å². The third kappa shape index (κ3) is 5.07. The van der Waals surface area contributed by atoms with E-state index in [1.807, 2.05) is 0 Å². The maximum absolute atomic E-state index is 11.9. The van der Waals surface area contributed by atoms with E-state index in [1.54, 1.807) is 11.9 Å². The summed E-state index contributed by atoms with van der Waals surface area (Å²) in [7, 11) is 1.69. The smallest absolute Gasteiger partial charge is 0.305 e. The summed E-state index contributed by atoms with van der Waals surface area (Å²) in [4.78, 5) is 23.9. The van der Waals surface area contributed by atoms with Crippen molar-refractivity contribution in [3.05, 3.63) is 0 Å². The topological polar surface area (TPSA) is 57.6 Å². The van der Waals surface area contributed by atoms with Gasteiger partial charge in [0.25, 0.3) is 0 Å². The molecule has 0 radical (unpaired) electrons. The van der Waals surface area contributed by atoms with Crippen LogP contribution in [0.5, 0.6) is 0 Å². The molecule has 1 aliphatic rings. The molecule has 1 atom stereocenters. The highest BCUT2D eigenvalue weighted by molar-refractivity contribution is 5.77. The predicted molar refractivity (Wildman–Crippen MR) is 70.2 cm³/mol. The summed E-state index contributed by atoms with van der Waals surface area (Å²) in [6, 6.07) is 0. The molecule has 0 aromatic heterocycles. The van der Waals surface area contributed by atoms with Crippen LogP contribution in [0, 0.1) is 11.8 Å². The van der Waals surface area contributed by atoms with Gasteiger partial charge in [-0.3, -0.25) is 9.59 Å². The molecule has 1 saturated carbocycles. The summed E-state index contributed by atoms with van der Waals surface area (Å²) in [5.74, 6) is 0.324. The molecule has 0 bridgehead atoms. The van der Waals surface area contributed by atoms with Crippen molar-refractivity contribution >= 4 is 11.9 Å². The van der Waals surface area contributed by atoms with Crippen LogP contribution in [0.4, 0.5) is 0 Å². The lowest BCUT2D eigenvalue weighted by atomic mass is 9.79. The quantitative estimate of drug-likeness (QED) is 0.793. The fraction of sp³-hybridized carbons (Fsp3) is 0.857. The SMILES string of the molecule is CC(CC(=O)N(C)CCC(=O)O)C1CCCCC1. The first-order valence-electron chi connectivity index (χ1n) is 6.96. The highest BCUT2D eigenvalue weighted by Crippen LogP contribution is 2.31. The molecule has 0 aromatic carbocycles. The van der Waals surface area contributed by atoms with Crippen molar-refractivity contribution in [3.63, 3.8) is 0 Å². The van der Waals surface area contributed by atoms with E-state index < -0.39 is 5.97 Å². The third-order valence-electron chi connectivity index (χ3n) is 4.04. The number of carboxylic acids is 1. The van der Waals surface area contributed by atoms with Gasteiger partial charge in [-0.15, -0.1) is 0 Å². The summed E-state index contributed by atoms with van der Waals surface area (Å²) in [6.45, 7) is 2.46. The van der Waals surface area contributed by atoms with E-state index in [4.69, 9.17) is 5.11 Å². The van der Waals surface area contributed by atoms with Gasteiger partial charge in [-0.25, -0.2) is 0 Å². The molecule has 4 heteroatoms. The van der Waals surface area contributed by atoms with Crippen molar-refractivity contribution in [1.82, 2.24) is 4.90 Å². The number of rotatable bonds is 6. The monoisotopic (exact) mass is 255 g/mol. The molecule has 0 saturated heterocycles. The molecular formula is C14H25NO3. The lowest BCUT2D eigenvalue weighted by Crippen LogP contribution is -2.31.